The maximum atomic E-state index is 14.1. The number of aliphatic hydroxyl groups is 1. The van der Waals surface area contributed by atoms with Crippen LogP contribution in [-0.4, -0.2) is 120 Å². The van der Waals surface area contributed by atoms with Gasteiger partial charge in [0.05, 0.1) is 39.6 Å². The quantitative estimate of drug-likeness (QED) is 0.0918. The molecule has 0 spiro atoms. The van der Waals surface area contributed by atoms with Crippen LogP contribution in [0.5, 0.6) is 0 Å². The number of thiazole rings is 1. The molecule has 68 heavy (non-hydrogen) atoms. The molecule has 358 valence electrons. The second kappa shape index (κ2) is 19.9. The zero-order chi connectivity index (χ0) is 48.4. The largest absolute Gasteiger partial charge is 0.391 e. The van der Waals surface area contributed by atoms with Crippen LogP contribution in [0.4, 0.5) is 17.5 Å². The summed E-state index contributed by atoms with van der Waals surface area (Å²) < 4.78 is 1.67. The van der Waals surface area contributed by atoms with Crippen LogP contribution >= 0.6 is 11.3 Å². The highest BCUT2D eigenvalue weighted by atomic mass is 32.1. The Balaban J connectivity index is 0.838. The molecule has 2 saturated heterocycles. The van der Waals surface area contributed by atoms with Crippen molar-refractivity contribution in [1.82, 2.24) is 44.9 Å². The van der Waals surface area contributed by atoms with E-state index in [1.54, 1.807) is 72.5 Å². The number of pyridine rings is 2. The van der Waals surface area contributed by atoms with Crippen LogP contribution in [0.15, 0.2) is 59.1 Å². The summed E-state index contributed by atoms with van der Waals surface area (Å²) in [7, 11) is 0. The Kier molecular flexibility index (Phi) is 14.0. The highest BCUT2D eigenvalue weighted by molar-refractivity contribution is 7.13. The number of fused-ring (bicyclic) bond motifs is 1. The maximum Gasteiger partial charge on any atom is 0.263 e. The molecule has 4 aromatic heterocycles. The van der Waals surface area contributed by atoms with Crippen molar-refractivity contribution in [3.8, 4) is 10.4 Å². The van der Waals surface area contributed by atoms with Crippen LogP contribution in [0, 0.1) is 19.3 Å². The number of rotatable bonds is 13. The number of piperazine rings is 1. The van der Waals surface area contributed by atoms with E-state index in [0.29, 0.717) is 48.6 Å². The molecule has 2 aliphatic heterocycles. The Morgan fingerprint density at radius 2 is 1.65 bits per heavy atom. The minimum atomic E-state index is -1.06. The predicted octanol–water partition coefficient (Wildman–Crippen LogP) is 4.84. The number of likely N-dealkylation sites (tertiary alicyclic amines) is 1. The fraction of sp³-hybridized carbons (Fsp3) is 0.469. The van der Waals surface area contributed by atoms with Gasteiger partial charge in [0, 0.05) is 63.3 Å². The molecule has 5 aromatic rings. The van der Waals surface area contributed by atoms with Crippen molar-refractivity contribution >= 4 is 69.2 Å². The van der Waals surface area contributed by atoms with E-state index >= 15 is 0 Å². The monoisotopic (exact) mass is 945 g/mol. The van der Waals surface area contributed by atoms with Crippen molar-refractivity contribution in [2.45, 2.75) is 111 Å². The van der Waals surface area contributed by atoms with E-state index in [2.05, 4.69) is 35.8 Å². The molecule has 0 bridgehead atoms. The van der Waals surface area contributed by atoms with Crippen molar-refractivity contribution in [3.63, 3.8) is 0 Å². The van der Waals surface area contributed by atoms with Gasteiger partial charge in [-0.25, -0.2) is 15.0 Å². The van der Waals surface area contributed by atoms with Gasteiger partial charge in [-0.2, -0.15) is 4.98 Å². The lowest BCUT2D eigenvalue weighted by molar-refractivity contribution is -0.145. The number of anilines is 3. The van der Waals surface area contributed by atoms with Crippen molar-refractivity contribution in [3.05, 3.63) is 87.0 Å². The van der Waals surface area contributed by atoms with Gasteiger partial charge in [-0.3, -0.25) is 33.3 Å². The first-order valence-electron chi connectivity index (χ1n) is 23.2. The third-order valence-corrected chi connectivity index (χ3v) is 14.2. The van der Waals surface area contributed by atoms with E-state index in [-0.39, 0.29) is 54.3 Å². The summed E-state index contributed by atoms with van der Waals surface area (Å²) in [5, 5.41) is 20.2. The Bertz CT molecular complexity index is 2770. The molecule has 8 rings (SSSR count). The van der Waals surface area contributed by atoms with Gasteiger partial charge in [-0.1, -0.05) is 57.9 Å². The van der Waals surface area contributed by atoms with Crippen LogP contribution < -0.4 is 26.4 Å². The SMILES string of the molecule is CC(=O)c1c(C)c2cnc(Nc3ccc(N4CCN(C(=O)CC(=O)N[C@H](C(=O)N5C[C@H](O)C[C@H]5C(=O)NCc5ccc(-c6scnc6C)cc5)C(C)(C)C)CC4)cn3)nc2n(C2CCCC2)c1=O. The number of amides is 4. The fourth-order valence-corrected chi connectivity index (χ4v) is 10.3. The summed E-state index contributed by atoms with van der Waals surface area (Å²) in [5.41, 5.74) is 5.63. The number of aromatic nitrogens is 5. The molecule has 18 nitrogen and oxygen atoms in total. The zero-order valence-electron chi connectivity index (χ0n) is 39.4. The molecule has 1 saturated carbocycles. The van der Waals surface area contributed by atoms with E-state index in [4.69, 9.17) is 4.98 Å². The Morgan fingerprint density at radius 3 is 2.28 bits per heavy atom. The molecule has 0 unspecified atom stereocenters. The first-order chi connectivity index (χ1) is 32.5. The Morgan fingerprint density at radius 1 is 0.926 bits per heavy atom. The molecule has 19 heteroatoms. The van der Waals surface area contributed by atoms with Crippen LogP contribution in [-0.2, 0) is 25.7 Å². The second-order valence-electron chi connectivity index (χ2n) is 19.1. The lowest BCUT2D eigenvalue weighted by atomic mass is 9.85. The standard InChI is InChI=1S/C49H59N11O7S/c1-28-36-25-52-48(56-44(36)60(33-9-7-8-10-33)46(66)41(28)30(3)61)54-38-16-15-34(24-50-38)57-17-19-58(20-18-57)40(64)22-39(63)55-43(49(4,5)6)47(67)59-26-35(62)21-37(59)45(65)51-23-31-11-13-32(14-12-31)42-29(2)53-27-68-42/h11-16,24-25,27,33,35,37,43,62H,7-10,17-23,26H2,1-6H3,(H,51,65)(H,55,63)(H,50,52,54,56)/t35-,37+,43-/m1/s1. The molecular formula is C49H59N11O7S. The number of ketones is 1. The number of nitrogens with one attached hydrogen (secondary N) is 3. The molecule has 1 aromatic carbocycles. The lowest BCUT2D eigenvalue weighted by Gasteiger charge is -2.37. The van der Waals surface area contributed by atoms with Crippen LogP contribution in [0.2, 0.25) is 0 Å². The smallest absolute Gasteiger partial charge is 0.263 e. The summed E-state index contributed by atoms with van der Waals surface area (Å²) in [4.78, 5) is 105. The van der Waals surface area contributed by atoms with Gasteiger partial charge >= 0.3 is 0 Å². The van der Waals surface area contributed by atoms with Crippen molar-refractivity contribution in [1.29, 1.82) is 0 Å². The summed E-state index contributed by atoms with van der Waals surface area (Å²) in [5.74, 6) is -1.40. The summed E-state index contributed by atoms with van der Waals surface area (Å²) in [6.07, 6.45) is 5.73. The second-order valence-corrected chi connectivity index (χ2v) is 20.0. The summed E-state index contributed by atoms with van der Waals surface area (Å²) in [6.45, 7) is 12.4. The van der Waals surface area contributed by atoms with E-state index < -0.39 is 47.7 Å². The first kappa shape index (κ1) is 47.9. The molecule has 0 radical (unpaired) electrons. The molecule has 3 fully saturated rings. The number of Topliss-reactive ketones (excluding diaryl/α,β-unsaturated/α-hetero) is 1. The average molecular weight is 946 g/mol. The van der Waals surface area contributed by atoms with Gasteiger partial charge in [-0.15, -0.1) is 11.3 Å². The minimum absolute atomic E-state index is 0.0400. The molecule has 3 aliphatic rings. The summed E-state index contributed by atoms with van der Waals surface area (Å²) in [6, 6.07) is 9.48. The fourth-order valence-electron chi connectivity index (χ4n) is 9.53. The molecule has 1 aliphatic carbocycles. The Labute approximate surface area is 398 Å². The number of benzene rings is 1. The third-order valence-electron chi connectivity index (χ3n) is 13.3. The van der Waals surface area contributed by atoms with Crippen molar-refractivity contribution in [2.75, 3.05) is 42.9 Å². The first-order valence-corrected chi connectivity index (χ1v) is 24.1. The van der Waals surface area contributed by atoms with E-state index in [1.807, 2.05) is 37.3 Å². The molecular weight excluding hydrogens is 887 g/mol. The van der Waals surface area contributed by atoms with E-state index in [9.17, 15) is 33.9 Å². The third kappa shape index (κ3) is 10.3. The number of β-amino-alcohol motifs (C(OH)–C–C–N with tert-alkyl or cyclic N) is 1. The van der Waals surface area contributed by atoms with Crippen molar-refractivity contribution < 1.29 is 29.1 Å². The molecule has 4 N–H and O–H groups in total. The van der Waals surface area contributed by atoms with Crippen LogP contribution in [0.1, 0.15) is 99.4 Å². The lowest BCUT2D eigenvalue weighted by Crippen LogP contribution is -2.58. The number of hydrogen-bond acceptors (Lipinski definition) is 14. The number of carbonyl (C=O) groups excluding carboxylic acids is 5. The number of nitrogens with zero attached hydrogens (tertiary/aromatic N) is 8. The average Bonchev–Trinajstić information content (AvgIpc) is 4.09. The molecule has 4 amide bonds. The number of aryl methyl sites for hydroxylation is 2. The van der Waals surface area contributed by atoms with Gasteiger partial charge in [0.15, 0.2) is 5.78 Å². The highest BCUT2D eigenvalue weighted by Gasteiger charge is 2.44. The topological polar surface area (TPSA) is 225 Å². The maximum absolute atomic E-state index is 14.1. The minimum Gasteiger partial charge on any atom is -0.391 e. The predicted molar refractivity (Wildman–Crippen MR) is 259 cm³/mol. The normalized spacial score (nSPS) is 18.2. The molecule has 6 heterocycles. The van der Waals surface area contributed by atoms with Gasteiger partial charge in [0.2, 0.25) is 29.6 Å². The highest BCUT2D eigenvalue weighted by Crippen LogP contribution is 2.33. The van der Waals surface area contributed by atoms with Crippen LogP contribution in [0.25, 0.3) is 21.5 Å². The zero-order valence-corrected chi connectivity index (χ0v) is 40.2. The van der Waals surface area contributed by atoms with Gasteiger partial charge in [0.25, 0.3) is 5.56 Å². The van der Waals surface area contributed by atoms with Crippen LogP contribution in [0.3, 0.4) is 0 Å². The number of hydrogen-bond donors (Lipinski definition) is 4. The van der Waals surface area contributed by atoms with E-state index in [0.717, 1.165) is 53.1 Å². The number of aliphatic hydroxyl groups excluding tert-OH is 1. The van der Waals surface area contributed by atoms with Gasteiger partial charge in [0.1, 0.15) is 30.0 Å². The summed E-state index contributed by atoms with van der Waals surface area (Å²) >= 11 is 1.56. The Hall–Kier alpha value is -6.60. The van der Waals surface area contributed by atoms with Crippen molar-refractivity contribution in [2.24, 2.45) is 5.41 Å². The van der Waals surface area contributed by atoms with Gasteiger partial charge < -0.3 is 35.8 Å². The molecule has 3 atom stereocenters. The van der Waals surface area contributed by atoms with Gasteiger partial charge in [-0.05, 0) is 67.9 Å². The van der Waals surface area contributed by atoms with E-state index in [1.165, 1.54) is 11.8 Å². The number of carbonyl (C=O) groups is 5.